The fourth-order valence-electron chi connectivity index (χ4n) is 5.85. The molecule has 1 saturated carbocycles. The Labute approximate surface area is 232 Å². The Morgan fingerprint density at radius 3 is 2.21 bits per heavy atom. The number of rotatable bonds is 13. The van der Waals surface area contributed by atoms with Crippen LogP contribution in [0, 0.1) is 30.3 Å². The second kappa shape index (κ2) is 14.6. The molecule has 0 atom stereocenters. The molecular weight excluding hydrogens is 493 g/mol. The van der Waals surface area contributed by atoms with E-state index in [1.807, 2.05) is 43.3 Å². The maximum absolute atomic E-state index is 15.1. The lowest BCUT2D eigenvalue weighted by atomic mass is 9.76. The van der Waals surface area contributed by atoms with E-state index in [0.717, 1.165) is 56.1 Å². The van der Waals surface area contributed by atoms with Crippen LogP contribution in [0.2, 0.25) is 0 Å². The second-order valence-electron chi connectivity index (χ2n) is 11.3. The van der Waals surface area contributed by atoms with Gasteiger partial charge in [0.2, 0.25) is 0 Å². The van der Waals surface area contributed by atoms with E-state index in [2.05, 4.69) is 6.92 Å². The van der Waals surface area contributed by atoms with Crippen LogP contribution < -0.4 is 4.74 Å². The molecule has 0 unspecified atom stereocenters. The zero-order valence-electron chi connectivity index (χ0n) is 23.6. The number of benzene rings is 3. The number of aryl methyl sites for hydroxylation is 2. The van der Waals surface area contributed by atoms with Crippen molar-refractivity contribution in [3.63, 3.8) is 0 Å². The summed E-state index contributed by atoms with van der Waals surface area (Å²) >= 11 is 0. The molecule has 1 aliphatic rings. The molecule has 3 aromatic carbocycles. The van der Waals surface area contributed by atoms with Gasteiger partial charge < -0.3 is 4.74 Å². The Morgan fingerprint density at radius 1 is 0.769 bits per heavy atom. The van der Waals surface area contributed by atoms with E-state index in [1.165, 1.54) is 31.7 Å². The Hall–Kier alpha value is -2.75. The average molecular weight is 537 g/mol. The first kappa shape index (κ1) is 29.2. The predicted molar refractivity (Wildman–Crippen MR) is 155 cm³/mol. The van der Waals surface area contributed by atoms with Crippen molar-refractivity contribution in [2.45, 2.75) is 96.8 Å². The van der Waals surface area contributed by atoms with Crippen LogP contribution in [-0.2, 0) is 6.42 Å². The summed E-state index contributed by atoms with van der Waals surface area (Å²) in [5.41, 5.74) is 3.30. The first-order valence-corrected chi connectivity index (χ1v) is 14.9. The molecule has 0 saturated heterocycles. The van der Waals surface area contributed by atoms with Crippen LogP contribution in [0.3, 0.4) is 0 Å². The number of unbranched alkanes of at least 4 members (excludes halogenated alkanes) is 5. The van der Waals surface area contributed by atoms with Gasteiger partial charge in [-0.15, -0.1) is 0 Å². The maximum atomic E-state index is 15.1. The molecule has 0 aliphatic heterocycles. The lowest BCUT2D eigenvalue weighted by Gasteiger charge is -2.29. The van der Waals surface area contributed by atoms with Gasteiger partial charge in [0.25, 0.3) is 0 Å². The van der Waals surface area contributed by atoms with Crippen LogP contribution in [0.25, 0.3) is 11.1 Å². The summed E-state index contributed by atoms with van der Waals surface area (Å²) in [4.78, 5) is 0. The molecule has 0 bridgehead atoms. The first-order chi connectivity index (χ1) is 19.0. The zero-order chi connectivity index (χ0) is 27.6. The van der Waals surface area contributed by atoms with Crippen LogP contribution in [0.4, 0.5) is 13.2 Å². The topological polar surface area (TPSA) is 9.23 Å². The monoisotopic (exact) mass is 536 g/mol. The summed E-state index contributed by atoms with van der Waals surface area (Å²) in [6.45, 7) is 4.82. The van der Waals surface area contributed by atoms with Crippen LogP contribution in [-0.4, -0.2) is 6.61 Å². The fourth-order valence-corrected chi connectivity index (χ4v) is 5.85. The van der Waals surface area contributed by atoms with Gasteiger partial charge in [-0.2, -0.15) is 0 Å². The van der Waals surface area contributed by atoms with E-state index in [0.29, 0.717) is 41.4 Å². The smallest absolute Gasteiger partial charge is 0.166 e. The van der Waals surface area contributed by atoms with Gasteiger partial charge in [0.1, 0.15) is 11.6 Å². The molecule has 0 spiro atoms. The van der Waals surface area contributed by atoms with Gasteiger partial charge in [-0.05, 0) is 86.5 Å². The Kier molecular flexibility index (Phi) is 10.9. The van der Waals surface area contributed by atoms with Crippen molar-refractivity contribution >= 4 is 0 Å². The van der Waals surface area contributed by atoms with E-state index >= 15 is 4.39 Å². The summed E-state index contributed by atoms with van der Waals surface area (Å²) < 4.78 is 50.5. The summed E-state index contributed by atoms with van der Waals surface area (Å²) in [6.07, 6.45) is 12.4. The lowest BCUT2D eigenvalue weighted by molar-refractivity contribution is 0.300. The normalized spacial score (nSPS) is 17.4. The van der Waals surface area contributed by atoms with E-state index < -0.39 is 11.6 Å². The summed E-state index contributed by atoms with van der Waals surface area (Å²) in [5, 5.41) is 0. The number of halogens is 3. The van der Waals surface area contributed by atoms with Gasteiger partial charge in [0.15, 0.2) is 11.6 Å². The molecule has 1 nitrogen and oxygen atoms in total. The minimum atomic E-state index is -0.756. The number of ether oxygens (including phenoxy) is 1. The molecule has 39 heavy (non-hydrogen) atoms. The van der Waals surface area contributed by atoms with Gasteiger partial charge >= 0.3 is 0 Å². The molecule has 0 heterocycles. The first-order valence-electron chi connectivity index (χ1n) is 14.9. The zero-order valence-corrected chi connectivity index (χ0v) is 23.6. The molecule has 4 rings (SSSR count). The molecule has 3 aromatic rings. The third kappa shape index (κ3) is 8.13. The van der Waals surface area contributed by atoms with Crippen molar-refractivity contribution in [2.24, 2.45) is 5.92 Å². The van der Waals surface area contributed by atoms with Crippen LogP contribution in [0.1, 0.15) is 100 Å². The third-order valence-corrected chi connectivity index (χ3v) is 8.37. The SMILES string of the molecule is CCCCCCCCOc1ccc(CCC2CCC(c3ccc(-c4ccc(C)cc4)c(F)c3F)CC2)c(F)c1. The highest BCUT2D eigenvalue weighted by atomic mass is 19.2. The molecule has 1 fully saturated rings. The molecule has 0 amide bonds. The van der Waals surface area contributed by atoms with Gasteiger partial charge in [-0.25, -0.2) is 13.2 Å². The molecule has 1 aliphatic carbocycles. The van der Waals surface area contributed by atoms with Crippen molar-refractivity contribution in [2.75, 3.05) is 6.61 Å². The van der Waals surface area contributed by atoms with Gasteiger partial charge in [-0.3, -0.25) is 0 Å². The molecule has 0 radical (unpaired) electrons. The quantitative estimate of drug-likeness (QED) is 0.197. The molecule has 0 aromatic heterocycles. The highest BCUT2D eigenvalue weighted by Crippen LogP contribution is 2.40. The number of hydrogen-bond acceptors (Lipinski definition) is 1. The number of hydrogen-bond donors (Lipinski definition) is 0. The summed E-state index contributed by atoms with van der Waals surface area (Å²) in [7, 11) is 0. The average Bonchev–Trinajstić information content (AvgIpc) is 2.94. The van der Waals surface area contributed by atoms with E-state index in [1.54, 1.807) is 12.1 Å². The van der Waals surface area contributed by atoms with E-state index in [9.17, 15) is 8.78 Å². The maximum Gasteiger partial charge on any atom is 0.166 e. The van der Waals surface area contributed by atoms with E-state index in [4.69, 9.17) is 4.74 Å². The summed E-state index contributed by atoms with van der Waals surface area (Å²) in [5.74, 6) is -0.555. The molecule has 4 heteroatoms. The van der Waals surface area contributed by atoms with Crippen LogP contribution >= 0.6 is 0 Å². The van der Waals surface area contributed by atoms with Crippen LogP contribution in [0.5, 0.6) is 5.75 Å². The molecule has 210 valence electrons. The molecule has 0 N–H and O–H groups in total. The van der Waals surface area contributed by atoms with Crippen molar-refractivity contribution < 1.29 is 17.9 Å². The third-order valence-electron chi connectivity index (χ3n) is 8.37. The fraction of sp³-hybridized carbons (Fsp3) is 0.486. The highest BCUT2D eigenvalue weighted by molar-refractivity contribution is 5.65. The van der Waals surface area contributed by atoms with Gasteiger partial charge in [-0.1, -0.05) is 87.1 Å². The van der Waals surface area contributed by atoms with Crippen molar-refractivity contribution in [3.8, 4) is 16.9 Å². The lowest BCUT2D eigenvalue weighted by Crippen LogP contribution is -2.16. The van der Waals surface area contributed by atoms with E-state index in [-0.39, 0.29) is 11.7 Å². The standard InChI is InChI=1S/C35H43F3O/c1-3-4-5-6-7-8-23-39-30-20-19-29(33(36)24-30)18-13-26-11-16-28(17-12-26)32-22-21-31(34(37)35(32)38)27-14-9-25(2)10-15-27/h9-10,14-15,19-22,24,26,28H,3-8,11-13,16-18,23H2,1-2H3. The van der Waals surface area contributed by atoms with Gasteiger partial charge in [0.05, 0.1) is 6.61 Å². The summed E-state index contributed by atoms with van der Waals surface area (Å²) in [6, 6.07) is 16.2. The predicted octanol–water partition coefficient (Wildman–Crippen LogP) is 10.7. The highest BCUT2D eigenvalue weighted by Gasteiger charge is 2.26. The van der Waals surface area contributed by atoms with Gasteiger partial charge in [0, 0.05) is 11.6 Å². The van der Waals surface area contributed by atoms with Crippen molar-refractivity contribution in [1.29, 1.82) is 0 Å². The Morgan fingerprint density at radius 2 is 1.49 bits per heavy atom. The molecular formula is C35H43F3O. The Balaban J connectivity index is 1.23. The largest absolute Gasteiger partial charge is 0.493 e. The second-order valence-corrected chi connectivity index (χ2v) is 11.3. The van der Waals surface area contributed by atoms with Crippen molar-refractivity contribution in [3.05, 3.63) is 88.7 Å². The minimum Gasteiger partial charge on any atom is -0.493 e. The Bertz CT molecular complexity index is 1180. The van der Waals surface area contributed by atoms with Crippen molar-refractivity contribution in [1.82, 2.24) is 0 Å². The minimum absolute atomic E-state index is 0.0302. The van der Waals surface area contributed by atoms with Crippen LogP contribution in [0.15, 0.2) is 54.6 Å².